The molecule has 0 spiro atoms. The van der Waals surface area contributed by atoms with Crippen molar-refractivity contribution in [1.82, 2.24) is 19.4 Å². The van der Waals surface area contributed by atoms with Crippen LogP contribution >= 0.6 is 35.3 Å². The molecule has 0 fully saturated rings. The molecule has 6 nitrogen and oxygen atoms in total. The van der Waals surface area contributed by atoms with Crippen molar-refractivity contribution in [2.45, 2.75) is 45.3 Å². The maximum atomic E-state index is 13.7. The molecule has 2 aromatic heterocycles. The number of nitrogens with zero attached hydrogens (tertiary/aromatic N) is 3. The van der Waals surface area contributed by atoms with Gasteiger partial charge in [0.25, 0.3) is 5.56 Å². The van der Waals surface area contributed by atoms with E-state index in [1.165, 1.54) is 28.7 Å². The Hall–Kier alpha value is -2.75. The molecule has 0 saturated carbocycles. The van der Waals surface area contributed by atoms with E-state index in [1.54, 1.807) is 4.57 Å². The Labute approximate surface area is 211 Å². The first-order valence-corrected chi connectivity index (χ1v) is 13.2. The number of aromatic nitrogens is 3. The average Bonchev–Trinajstić information content (AvgIpc) is 3.16. The zero-order valence-electron chi connectivity index (χ0n) is 19.5. The Morgan fingerprint density at radius 1 is 1.12 bits per heavy atom. The van der Waals surface area contributed by atoms with E-state index in [2.05, 4.69) is 12.2 Å². The first kappa shape index (κ1) is 24.4. The monoisotopic (exact) mass is 510 g/mol. The largest absolute Gasteiger partial charge is 0.353 e. The average molecular weight is 511 g/mol. The minimum atomic E-state index is -0.195. The second-order valence-corrected chi connectivity index (χ2v) is 10.7. The number of fused-ring (bicyclic) bond motifs is 1. The summed E-state index contributed by atoms with van der Waals surface area (Å²) in [4.78, 5) is 31.1. The van der Waals surface area contributed by atoms with Crippen LogP contribution in [-0.4, -0.2) is 31.8 Å². The Kier molecular flexibility index (Phi) is 7.35. The molecule has 4 rings (SSSR count). The number of benzene rings is 2. The summed E-state index contributed by atoms with van der Waals surface area (Å²) in [6, 6.07) is 15.5. The molecule has 34 heavy (non-hydrogen) atoms. The lowest BCUT2D eigenvalue weighted by Gasteiger charge is -2.14. The van der Waals surface area contributed by atoms with Crippen LogP contribution < -0.4 is 10.9 Å². The van der Waals surface area contributed by atoms with Crippen molar-refractivity contribution in [3.05, 3.63) is 74.0 Å². The Balaban J connectivity index is 1.88. The molecule has 176 valence electrons. The van der Waals surface area contributed by atoms with Crippen molar-refractivity contribution >= 4 is 51.6 Å². The van der Waals surface area contributed by atoms with Crippen molar-refractivity contribution in [1.29, 1.82) is 0 Å². The Morgan fingerprint density at radius 3 is 2.53 bits per heavy atom. The lowest BCUT2D eigenvalue weighted by molar-refractivity contribution is -0.119. The number of aryl methyl sites for hydroxylation is 2. The maximum Gasteiger partial charge on any atom is 0.278 e. The second-order valence-electron chi connectivity index (χ2n) is 8.16. The van der Waals surface area contributed by atoms with E-state index in [0.29, 0.717) is 25.1 Å². The topological polar surface area (TPSA) is 68.9 Å². The Morgan fingerprint density at radius 2 is 1.85 bits per heavy atom. The molecule has 9 heteroatoms. The van der Waals surface area contributed by atoms with E-state index in [0.717, 1.165) is 17.7 Å². The number of para-hydroxylation sites is 1. The molecule has 1 atom stereocenters. The molecule has 2 aromatic carbocycles. The molecule has 0 radical (unpaired) electrons. The van der Waals surface area contributed by atoms with Gasteiger partial charge in [0.15, 0.2) is 14.8 Å². The quantitative estimate of drug-likeness (QED) is 0.199. The number of thiazole rings is 1. The third kappa shape index (κ3) is 4.87. The van der Waals surface area contributed by atoms with Crippen LogP contribution in [-0.2, 0) is 4.79 Å². The highest BCUT2D eigenvalue weighted by Gasteiger charge is 2.20. The maximum absolute atomic E-state index is 13.7. The van der Waals surface area contributed by atoms with Gasteiger partial charge >= 0.3 is 0 Å². The van der Waals surface area contributed by atoms with E-state index in [4.69, 9.17) is 17.2 Å². The summed E-state index contributed by atoms with van der Waals surface area (Å²) in [5.41, 5.74) is 4.20. The zero-order chi connectivity index (χ0) is 24.4. The van der Waals surface area contributed by atoms with Crippen molar-refractivity contribution in [3.8, 4) is 11.4 Å². The van der Waals surface area contributed by atoms with Crippen LogP contribution in [0.15, 0.2) is 58.5 Å². The van der Waals surface area contributed by atoms with E-state index >= 15 is 0 Å². The number of carbonyl (C=O) groups excluding carboxylic acids is 1. The van der Waals surface area contributed by atoms with Crippen LogP contribution in [0.4, 0.5) is 0 Å². The van der Waals surface area contributed by atoms with Crippen molar-refractivity contribution < 1.29 is 4.79 Å². The number of nitrogens with one attached hydrogen (secondary N) is 1. The lowest BCUT2D eigenvalue weighted by atomic mass is 10.1. The second kappa shape index (κ2) is 10.2. The predicted molar refractivity (Wildman–Crippen MR) is 143 cm³/mol. The number of rotatable bonds is 7. The number of amides is 1. The highest BCUT2D eigenvalue weighted by atomic mass is 32.2. The molecule has 1 amide bonds. The van der Waals surface area contributed by atoms with E-state index < -0.39 is 0 Å². The number of thioether (sulfide) groups is 1. The van der Waals surface area contributed by atoms with Gasteiger partial charge in [0.2, 0.25) is 5.91 Å². The molecular weight excluding hydrogens is 485 g/mol. The summed E-state index contributed by atoms with van der Waals surface area (Å²) < 4.78 is 4.46. The predicted octanol–water partition coefficient (Wildman–Crippen LogP) is 5.59. The van der Waals surface area contributed by atoms with Crippen LogP contribution in [0.1, 0.15) is 31.4 Å². The van der Waals surface area contributed by atoms with E-state index in [9.17, 15) is 9.59 Å². The molecule has 0 aliphatic rings. The zero-order valence-corrected chi connectivity index (χ0v) is 21.9. The summed E-state index contributed by atoms with van der Waals surface area (Å²) in [5, 5.41) is 3.42. The fourth-order valence-corrected chi connectivity index (χ4v) is 5.60. The van der Waals surface area contributed by atoms with Gasteiger partial charge in [-0.05, 0) is 74.8 Å². The van der Waals surface area contributed by atoms with Gasteiger partial charge in [0.05, 0.1) is 11.4 Å². The highest BCUT2D eigenvalue weighted by molar-refractivity contribution is 7.99. The molecular formula is C25H26N4O2S3. The molecule has 4 aromatic rings. The fraction of sp³-hybridized carbons (Fsp3) is 0.280. The minimum absolute atomic E-state index is 0.0893. The summed E-state index contributed by atoms with van der Waals surface area (Å²) in [7, 11) is 0. The van der Waals surface area contributed by atoms with Gasteiger partial charge in [-0.25, -0.2) is 4.98 Å². The smallest absolute Gasteiger partial charge is 0.278 e. The van der Waals surface area contributed by atoms with E-state index in [-0.39, 0.29) is 23.3 Å². The van der Waals surface area contributed by atoms with Gasteiger partial charge in [-0.2, -0.15) is 0 Å². The summed E-state index contributed by atoms with van der Waals surface area (Å²) in [6.45, 7) is 8.09. The first-order chi connectivity index (χ1) is 16.3. The molecule has 0 bridgehead atoms. The third-order valence-corrected chi connectivity index (χ3v) is 7.98. The normalized spacial score (nSPS) is 12.1. The van der Waals surface area contributed by atoms with Crippen molar-refractivity contribution in [2.24, 2.45) is 0 Å². The standard InChI is InChI=1S/C25H26N4O2S3/c1-5-17(4)26-20(30)14-33-24-27-22-21(23(31)29(24)18-9-7-6-8-10-18)34-25(32)28(22)19-12-11-15(2)16(3)13-19/h6-13,17H,5,14H2,1-4H3,(H,26,30)/t17-/m1/s1. The van der Waals surface area contributed by atoms with Crippen LogP contribution in [0.2, 0.25) is 0 Å². The molecule has 0 aliphatic carbocycles. The molecule has 0 saturated heterocycles. The first-order valence-electron chi connectivity index (χ1n) is 11.0. The Bertz CT molecular complexity index is 1470. The van der Waals surface area contributed by atoms with Gasteiger partial charge in [0.1, 0.15) is 4.70 Å². The van der Waals surface area contributed by atoms with Gasteiger partial charge in [-0.15, -0.1) is 0 Å². The molecule has 1 N–H and O–H groups in total. The summed E-state index contributed by atoms with van der Waals surface area (Å²) >= 11 is 8.17. The SMILES string of the molecule is CC[C@@H](C)NC(=O)CSc1nc2c(sc(=S)n2-c2ccc(C)c(C)c2)c(=O)n1-c1ccccc1. The van der Waals surface area contributed by atoms with Crippen LogP contribution in [0.5, 0.6) is 0 Å². The van der Waals surface area contributed by atoms with Crippen molar-refractivity contribution in [3.63, 3.8) is 0 Å². The summed E-state index contributed by atoms with van der Waals surface area (Å²) in [6.07, 6.45) is 0.849. The van der Waals surface area contributed by atoms with Gasteiger partial charge in [-0.1, -0.05) is 54.3 Å². The van der Waals surface area contributed by atoms with Crippen molar-refractivity contribution in [2.75, 3.05) is 5.75 Å². The number of carbonyl (C=O) groups is 1. The van der Waals surface area contributed by atoms with Gasteiger partial charge in [-0.3, -0.25) is 18.7 Å². The van der Waals surface area contributed by atoms with Crippen LogP contribution in [0.3, 0.4) is 0 Å². The highest BCUT2D eigenvalue weighted by Crippen LogP contribution is 2.28. The minimum Gasteiger partial charge on any atom is -0.353 e. The fourth-order valence-electron chi connectivity index (χ4n) is 3.48. The van der Waals surface area contributed by atoms with Gasteiger partial charge in [0, 0.05) is 11.7 Å². The third-order valence-electron chi connectivity index (χ3n) is 5.69. The number of hydrogen-bond donors (Lipinski definition) is 1. The summed E-state index contributed by atoms with van der Waals surface area (Å²) in [5.74, 6) is 0.0634. The van der Waals surface area contributed by atoms with Crippen LogP contribution in [0, 0.1) is 17.8 Å². The van der Waals surface area contributed by atoms with Gasteiger partial charge < -0.3 is 5.32 Å². The van der Waals surface area contributed by atoms with E-state index in [1.807, 2.05) is 73.9 Å². The number of hydrogen-bond acceptors (Lipinski definition) is 6. The van der Waals surface area contributed by atoms with Crippen LogP contribution in [0.25, 0.3) is 21.7 Å². The molecule has 0 aliphatic heterocycles. The molecule has 0 unspecified atom stereocenters. The lowest BCUT2D eigenvalue weighted by Crippen LogP contribution is -2.33. The molecule has 2 heterocycles.